The molecule has 2 amide bonds. The maximum absolute atomic E-state index is 13.9. The number of nitrogens with one attached hydrogen (secondary N) is 2. The lowest BCUT2D eigenvalue weighted by Crippen LogP contribution is -2.37. The molecule has 0 unspecified atom stereocenters. The summed E-state index contributed by atoms with van der Waals surface area (Å²) >= 11 is 0. The number of hydrogen-bond acceptors (Lipinski definition) is 6. The molecule has 3 aromatic heterocycles. The zero-order valence-corrected chi connectivity index (χ0v) is 22.5. The summed E-state index contributed by atoms with van der Waals surface area (Å²) in [7, 11) is 0. The molecule has 5 rings (SSSR count). The molecule has 9 nitrogen and oxygen atoms in total. The second-order valence-corrected chi connectivity index (χ2v) is 11.2. The molecule has 0 spiro atoms. The summed E-state index contributed by atoms with van der Waals surface area (Å²) in [6.07, 6.45) is 0.603. The van der Waals surface area contributed by atoms with Crippen molar-refractivity contribution in [2.75, 3.05) is 0 Å². The number of rotatable bonds is 9. The summed E-state index contributed by atoms with van der Waals surface area (Å²) < 4.78 is 73.1. The van der Waals surface area contributed by atoms with Gasteiger partial charge in [0, 0.05) is 19.3 Å². The summed E-state index contributed by atoms with van der Waals surface area (Å²) in [5.41, 5.74) is 2.03. The van der Waals surface area contributed by atoms with Gasteiger partial charge in [0.15, 0.2) is 5.65 Å². The molecular weight excluding hydrogens is 551 g/mol. The Morgan fingerprint density at radius 1 is 1.12 bits per heavy atom. The minimum absolute atomic E-state index is 0.0709. The van der Waals surface area contributed by atoms with Crippen LogP contribution in [0.1, 0.15) is 91.3 Å². The van der Waals surface area contributed by atoms with Crippen LogP contribution in [0, 0.1) is 24.7 Å². The van der Waals surface area contributed by atoms with Gasteiger partial charge in [0.25, 0.3) is 5.91 Å². The number of aryl methyl sites for hydroxylation is 1. The molecule has 2 fully saturated rings. The Kier molecular flexibility index (Phi) is 7.77. The molecule has 0 aliphatic heterocycles. The third kappa shape index (κ3) is 6.67. The van der Waals surface area contributed by atoms with Crippen LogP contribution in [-0.4, -0.2) is 43.7 Å². The van der Waals surface area contributed by atoms with Gasteiger partial charge >= 0.3 is 6.18 Å². The molecule has 41 heavy (non-hydrogen) atoms. The number of carbonyl (C=O) groups is 2. The van der Waals surface area contributed by atoms with Crippen LogP contribution in [-0.2, 0) is 4.79 Å². The van der Waals surface area contributed by atoms with E-state index in [1.165, 1.54) is 17.0 Å². The number of carbonyl (C=O) groups excluding carboxylic acids is 2. The summed E-state index contributed by atoms with van der Waals surface area (Å²) in [6, 6.07) is 0.486. The first-order valence-electron chi connectivity index (χ1n) is 13.6. The predicted octanol–water partition coefficient (Wildman–Crippen LogP) is 5.48. The van der Waals surface area contributed by atoms with E-state index in [2.05, 4.69) is 25.9 Å². The molecule has 0 saturated heterocycles. The van der Waals surface area contributed by atoms with E-state index >= 15 is 0 Å². The van der Waals surface area contributed by atoms with E-state index in [1.54, 1.807) is 19.2 Å². The van der Waals surface area contributed by atoms with Crippen molar-refractivity contribution in [1.82, 2.24) is 30.4 Å². The third-order valence-corrected chi connectivity index (χ3v) is 8.01. The minimum atomic E-state index is -4.47. The Morgan fingerprint density at radius 3 is 2.41 bits per heavy atom. The topological polar surface area (TPSA) is 114 Å². The Bertz CT molecular complexity index is 1410. The fourth-order valence-corrected chi connectivity index (χ4v) is 5.32. The van der Waals surface area contributed by atoms with Crippen LogP contribution in [0.5, 0.6) is 0 Å². The van der Waals surface area contributed by atoms with Gasteiger partial charge in [-0.3, -0.25) is 9.59 Å². The number of nitrogens with zero attached hydrogens (tertiary/aromatic N) is 4. The van der Waals surface area contributed by atoms with Crippen molar-refractivity contribution < 1.29 is 36.1 Å². The standard InChI is InChI=1S/C27H31F5N6O3/c1-14(27(30,31)32)9-22(39)35-23(16-3-4-16)18-10-21-34-20(12-38(21)33-11-18)24(17-5-7-26(28,29)8-6-17)36-25(40)19-13-41-37-15(19)2/h10-14,16-17,23-24H,3-9H2,1-2H3,(H,35,39)(H,36,40)/t14-,23-,24+/m1/s1. The van der Waals surface area contributed by atoms with Crippen LogP contribution in [0.3, 0.4) is 0 Å². The summed E-state index contributed by atoms with van der Waals surface area (Å²) in [4.78, 5) is 30.2. The zero-order chi connectivity index (χ0) is 29.5. The lowest BCUT2D eigenvalue weighted by molar-refractivity contribution is -0.174. The average molecular weight is 583 g/mol. The van der Waals surface area contributed by atoms with E-state index in [-0.39, 0.29) is 43.1 Å². The number of hydrogen-bond donors (Lipinski definition) is 2. The molecular formula is C27H31F5N6O3. The van der Waals surface area contributed by atoms with Crippen molar-refractivity contribution in [3.8, 4) is 0 Å². The van der Waals surface area contributed by atoms with Crippen LogP contribution in [0.25, 0.3) is 5.65 Å². The number of amides is 2. The molecule has 3 atom stereocenters. The largest absolute Gasteiger partial charge is 0.392 e. The van der Waals surface area contributed by atoms with Crippen LogP contribution in [0.2, 0.25) is 0 Å². The normalized spacial score (nSPS) is 20.0. The number of imidazole rings is 1. The van der Waals surface area contributed by atoms with Crippen molar-refractivity contribution in [1.29, 1.82) is 0 Å². The SMILES string of the molecule is Cc1nocc1C(=O)N[C@H](c1cn2ncc([C@H](NC(=O)C[C@@H](C)C(F)(F)F)C3CC3)cc2n1)C1CCC(F)(F)CC1. The zero-order valence-electron chi connectivity index (χ0n) is 22.5. The fraction of sp³-hybridized carbons (Fsp3) is 0.593. The van der Waals surface area contributed by atoms with Crippen LogP contribution in [0.4, 0.5) is 22.0 Å². The fourth-order valence-electron chi connectivity index (χ4n) is 5.32. The van der Waals surface area contributed by atoms with Crippen LogP contribution < -0.4 is 10.6 Å². The number of aromatic nitrogens is 4. The molecule has 222 valence electrons. The molecule has 3 aromatic rings. The lowest BCUT2D eigenvalue weighted by atomic mass is 9.81. The van der Waals surface area contributed by atoms with Gasteiger partial charge in [-0.2, -0.15) is 18.3 Å². The first-order valence-corrected chi connectivity index (χ1v) is 13.6. The summed E-state index contributed by atoms with van der Waals surface area (Å²) in [5.74, 6) is -5.94. The maximum atomic E-state index is 13.9. The number of halogens is 5. The quantitative estimate of drug-likeness (QED) is 0.323. The van der Waals surface area contributed by atoms with Crippen LogP contribution >= 0.6 is 0 Å². The first-order chi connectivity index (χ1) is 19.3. The summed E-state index contributed by atoms with van der Waals surface area (Å²) in [6.45, 7) is 2.59. The molecule has 14 heteroatoms. The number of alkyl halides is 5. The van der Waals surface area contributed by atoms with Gasteiger partial charge in [-0.05, 0) is 56.1 Å². The van der Waals surface area contributed by atoms with Gasteiger partial charge < -0.3 is 15.2 Å². The van der Waals surface area contributed by atoms with E-state index in [4.69, 9.17) is 4.52 Å². The van der Waals surface area contributed by atoms with E-state index < -0.39 is 48.3 Å². The van der Waals surface area contributed by atoms with E-state index in [9.17, 15) is 31.5 Å². The smallest absolute Gasteiger partial charge is 0.364 e. The molecule has 3 heterocycles. The molecule has 2 saturated carbocycles. The molecule has 2 aliphatic rings. The third-order valence-electron chi connectivity index (χ3n) is 8.01. The minimum Gasteiger partial charge on any atom is -0.364 e. The van der Waals surface area contributed by atoms with E-state index in [0.717, 1.165) is 19.8 Å². The average Bonchev–Trinajstić information content (AvgIpc) is 3.50. The highest BCUT2D eigenvalue weighted by Crippen LogP contribution is 2.43. The second-order valence-electron chi connectivity index (χ2n) is 11.2. The van der Waals surface area contributed by atoms with Gasteiger partial charge in [-0.15, -0.1) is 0 Å². The molecule has 2 N–H and O–H groups in total. The first kappa shape index (κ1) is 28.9. The van der Waals surface area contributed by atoms with Crippen molar-refractivity contribution in [2.24, 2.45) is 17.8 Å². The van der Waals surface area contributed by atoms with E-state index in [0.29, 0.717) is 22.6 Å². The maximum Gasteiger partial charge on any atom is 0.392 e. The Balaban J connectivity index is 1.39. The Labute approximate surface area is 232 Å². The predicted molar refractivity (Wildman–Crippen MR) is 135 cm³/mol. The monoisotopic (exact) mass is 582 g/mol. The van der Waals surface area contributed by atoms with Gasteiger partial charge in [-0.1, -0.05) is 12.1 Å². The second kappa shape index (κ2) is 11.0. The highest BCUT2D eigenvalue weighted by atomic mass is 19.4. The van der Waals surface area contributed by atoms with Crippen molar-refractivity contribution >= 4 is 17.5 Å². The highest BCUT2D eigenvalue weighted by molar-refractivity contribution is 5.95. The highest BCUT2D eigenvalue weighted by Gasteiger charge is 2.41. The van der Waals surface area contributed by atoms with Gasteiger partial charge in [0.1, 0.15) is 11.8 Å². The Morgan fingerprint density at radius 2 is 1.80 bits per heavy atom. The van der Waals surface area contributed by atoms with Gasteiger partial charge in [0.05, 0.1) is 41.8 Å². The summed E-state index contributed by atoms with van der Waals surface area (Å²) in [5, 5.41) is 13.8. The van der Waals surface area contributed by atoms with Gasteiger partial charge in [0.2, 0.25) is 11.8 Å². The molecule has 0 radical (unpaired) electrons. The van der Waals surface area contributed by atoms with Gasteiger partial charge in [-0.25, -0.2) is 18.3 Å². The van der Waals surface area contributed by atoms with Crippen molar-refractivity contribution in [3.05, 3.63) is 47.2 Å². The van der Waals surface area contributed by atoms with E-state index in [1.807, 2.05) is 0 Å². The number of fused-ring (bicyclic) bond motifs is 1. The molecule has 2 aliphatic carbocycles. The molecule has 0 bridgehead atoms. The van der Waals surface area contributed by atoms with Crippen LogP contribution in [0.15, 0.2) is 29.2 Å². The van der Waals surface area contributed by atoms with Crippen molar-refractivity contribution in [2.45, 2.75) is 83.0 Å². The lowest BCUT2D eigenvalue weighted by Gasteiger charge is -2.33. The van der Waals surface area contributed by atoms with Crippen molar-refractivity contribution in [3.63, 3.8) is 0 Å². The molecule has 0 aromatic carbocycles. The Hall–Kier alpha value is -3.58.